The van der Waals surface area contributed by atoms with Gasteiger partial charge in [-0.05, 0) is 31.7 Å². The molecule has 23 heavy (non-hydrogen) atoms. The highest BCUT2D eigenvalue weighted by atomic mass is 17.3. The maximum atomic E-state index is 12.2. The molecule has 0 amide bonds. The topological polar surface area (TPSA) is 103 Å². The molecule has 0 aromatic rings. The number of rotatable bonds is 1. The van der Waals surface area contributed by atoms with Crippen LogP contribution >= 0.6 is 0 Å². The van der Waals surface area contributed by atoms with Crippen molar-refractivity contribution in [3.05, 3.63) is 10.4 Å². The molecule has 0 aromatic carbocycles. The van der Waals surface area contributed by atoms with Gasteiger partial charge in [-0.2, -0.15) is 0 Å². The second kappa shape index (κ2) is 4.60. The van der Waals surface area contributed by atoms with Gasteiger partial charge in [-0.3, -0.25) is 4.79 Å². The summed E-state index contributed by atoms with van der Waals surface area (Å²) in [6.45, 7) is 5.58. The van der Waals surface area contributed by atoms with Crippen LogP contribution in [0.25, 0.3) is 10.4 Å². The quantitative estimate of drug-likeness (QED) is 0.243. The van der Waals surface area contributed by atoms with Crippen molar-refractivity contribution in [2.45, 2.75) is 69.7 Å². The number of hydrogen-bond acceptors (Lipinski definition) is 6. The van der Waals surface area contributed by atoms with E-state index in [1.165, 1.54) is 0 Å². The van der Waals surface area contributed by atoms with Crippen molar-refractivity contribution in [3.63, 3.8) is 0 Å². The summed E-state index contributed by atoms with van der Waals surface area (Å²) < 4.78 is 11.6. The van der Waals surface area contributed by atoms with Crippen LogP contribution in [0.15, 0.2) is 5.11 Å². The fourth-order valence-electron chi connectivity index (χ4n) is 4.99. The van der Waals surface area contributed by atoms with Crippen molar-refractivity contribution in [1.82, 2.24) is 0 Å². The molecule has 7 atom stereocenters. The molecule has 4 saturated heterocycles. The van der Waals surface area contributed by atoms with Gasteiger partial charge in [-0.1, -0.05) is 19.0 Å². The molecule has 1 aliphatic carbocycles. The van der Waals surface area contributed by atoms with Crippen LogP contribution in [0.3, 0.4) is 0 Å². The molecule has 0 unspecified atom stereocenters. The average molecular weight is 323 g/mol. The van der Waals surface area contributed by atoms with Crippen molar-refractivity contribution in [2.75, 3.05) is 0 Å². The van der Waals surface area contributed by atoms with Crippen LogP contribution in [-0.4, -0.2) is 29.2 Å². The van der Waals surface area contributed by atoms with Crippen molar-refractivity contribution < 1.29 is 24.0 Å². The van der Waals surface area contributed by atoms with Crippen LogP contribution in [0, 0.1) is 17.8 Å². The first-order chi connectivity index (χ1) is 10.8. The van der Waals surface area contributed by atoms with Gasteiger partial charge in [-0.25, -0.2) is 9.78 Å². The number of fused-ring (bicyclic) bond motifs is 2. The van der Waals surface area contributed by atoms with Crippen molar-refractivity contribution in [1.29, 1.82) is 0 Å². The van der Waals surface area contributed by atoms with E-state index < -0.39 is 23.2 Å². The number of carbonyl (C=O) groups excluding carboxylic acids is 1. The standard InChI is InChI=1S/C15H21N3O5/c1-8-9-4-6-13(2,17-18-16)10-5-7-14(3)21-12(20-11(8)19)15(9,10)23-22-14/h8-10,12H,4-7H2,1-3H3/t8-,9+,10+,12-,13+,14-,15+/m1/s1. The molecule has 8 nitrogen and oxygen atoms in total. The number of esters is 1. The molecular weight excluding hydrogens is 302 g/mol. The highest BCUT2D eigenvalue weighted by Gasteiger charge is 2.72. The SMILES string of the molecule is C[C@H]1C(=O)O[C@@H]2O[C@@]3(C)CC[C@@H]4[C@@]2(OO3)[C@H]1CC[C@]4(C)N=[N+]=[N-]. The minimum atomic E-state index is -0.948. The van der Waals surface area contributed by atoms with E-state index in [0.717, 1.165) is 6.42 Å². The van der Waals surface area contributed by atoms with Gasteiger partial charge < -0.3 is 9.47 Å². The number of ether oxygens (including phenoxy) is 2. The predicted molar refractivity (Wildman–Crippen MR) is 76.4 cm³/mol. The smallest absolute Gasteiger partial charge is 0.311 e. The Morgan fingerprint density at radius 3 is 2.78 bits per heavy atom. The summed E-state index contributed by atoms with van der Waals surface area (Å²) in [5.74, 6) is -1.73. The van der Waals surface area contributed by atoms with E-state index in [1.807, 2.05) is 13.8 Å². The molecular formula is C15H21N3O5. The lowest BCUT2D eigenvalue weighted by atomic mass is 9.55. The fourth-order valence-corrected chi connectivity index (χ4v) is 4.99. The van der Waals surface area contributed by atoms with Crippen LogP contribution < -0.4 is 0 Å². The maximum absolute atomic E-state index is 12.2. The monoisotopic (exact) mass is 323 g/mol. The second-order valence-corrected chi connectivity index (χ2v) is 7.61. The molecule has 8 heteroatoms. The molecule has 4 heterocycles. The molecule has 5 rings (SSSR count). The van der Waals surface area contributed by atoms with Gasteiger partial charge in [0.25, 0.3) is 0 Å². The Hall–Kier alpha value is -1.34. The van der Waals surface area contributed by atoms with Gasteiger partial charge in [0.2, 0.25) is 12.1 Å². The summed E-state index contributed by atoms with van der Waals surface area (Å²) >= 11 is 0. The van der Waals surface area contributed by atoms with Crippen LogP contribution in [-0.2, 0) is 24.0 Å². The zero-order valence-electron chi connectivity index (χ0n) is 13.5. The lowest BCUT2D eigenvalue weighted by Gasteiger charge is -2.59. The second-order valence-electron chi connectivity index (χ2n) is 7.61. The Morgan fingerprint density at radius 1 is 1.26 bits per heavy atom. The third-order valence-electron chi connectivity index (χ3n) is 6.28. The summed E-state index contributed by atoms with van der Waals surface area (Å²) in [4.78, 5) is 26.8. The number of azide groups is 1. The molecule has 0 aromatic heterocycles. The first-order valence-corrected chi connectivity index (χ1v) is 8.16. The van der Waals surface area contributed by atoms with E-state index >= 15 is 0 Å². The lowest BCUT2D eigenvalue weighted by molar-refractivity contribution is -0.559. The summed E-state index contributed by atoms with van der Waals surface area (Å²) in [6, 6.07) is 0. The summed E-state index contributed by atoms with van der Waals surface area (Å²) in [7, 11) is 0. The van der Waals surface area contributed by atoms with Gasteiger partial charge in [0.05, 0.1) is 11.5 Å². The Balaban J connectivity index is 1.88. The predicted octanol–water partition coefficient (Wildman–Crippen LogP) is 2.83. The first kappa shape index (κ1) is 15.2. The summed E-state index contributed by atoms with van der Waals surface area (Å²) in [5.41, 5.74) is 7.50. The molecule has 0 N–H and O–H groups in total. The van der Waals surface area contributed by atoms with Crippen LogP contribution in [0.4, 0.5) is 0 Å². The van der Waals surface area contributed by atoms with Crippen LogP contribution in [0.1, 0.15) is 46.5 Å². The van der Waals surface area contributed by atoms with Gasteiger partial charge in [0.1, 0.15) is 0 Å². The van der Waals surface area contributed by atoms with Gasteiger partial charge in [0, 0.05) is 23.2 Å². The zero-order chi connectivity index (χ0) is 16.5. The Morgan fingerprint density at radius 2 is 2.04 bits per heavy atom. The molecule has 0 radical (unpaired) electrons. The molecule has 1 saturated carbocycles. The average Bonchev–Trinajstić information content (AvgIpc) is 2.72. The van der Waals surface area contributed by atoms with E-state index in [0.29, 0.717) is 19.3 Å². The lowest BCUT2D eigenvalue weighted by Crippen LogP contribution is -2.72. The molecule has 5 aliphatic rings. The molecule has 4 aliphatic heterocycles. The van der Waals surface area contributed by atoms with Gasteiger partial charge in [-0.15, -0.1) is 0 Å². The van der Waals surface area contributed by atoms with E-state index in [1.54, 1.807) is 6.92 Å². The Bertz CT molecular complexity index is 608. The summed E-state index contributed by atoms with van der Waals surface area (Å²) in [5, 5.41) is 4.10. The highest BCUT2D eigenvalue weighted by molar-refractivity contribution is 5.74. The van der Waals surface area contributed by atoms with E-state index in [-0.39, 0.29) is 23.7 Å². The normalized spacial score (nSPS) is 54.5. The maximum Gasteiger partial charge on any atom is 0.311 e. The summed E-state index contributed by atoms with van der Waals surface area (Å²) in [6.07, 6.45) is 1.89. The molecule has 5 fully saturated rings. The van der Waals surface area contributed by atoms with Gasteiger partial charge in [0.15, 0.2) is 5.60 Å². The third-order valence-corrected chi connectivity index (χ3v) is 6.28. The van der Waals surface area contributed by atoms with E-state index in [9.17, 15) is 4.79 Å². The fraction of sp³-hybridized carbons (Fsp3) is 0.933. The minimum Gasteiger partial charge on any atom is -0.432 e. The van der Waals surface area contributed by atoms with Gasteiger partial charge >= 0.3 is 5.97 Å². The largest absolute Gasteiger partial charge is 0.432 e. The molecule has 2 bridgehead atoms. The number of nitrogens with zero attached hydrogens (tertiary/aromatic N) is 3. The Kier molecular flexibility index (Phi) is 3.04. The highest BCUT2D eigenvalue weighted by Crippen LogP contribution is 2.61. The van der Waals surface area contributed by atoms with Crippen molar-refractivity contribution >= 4 is 5.97 Å². The Labute approximate surface area is 134 Å². The van der Waals surface area contributed by atoms with E-state index in [2.05, 4.69) is 10.0 Å². The molecule has 126 valence electrons. The van der Waals surface area contributed by atoms with Crippen LogP contribution in [0.2, 0.25) is 0 Å². The minimum absolute atomic E-state index is 0.0802. The molecule has 1 spiro atoms. The van der Waals surface area contributed by atoms with Crippen molar-refractivity contribution in [2.24, 2.45) is 22.9 Å². The number of carbonyl (C=O) groups is 1. The van der Waals surface area contributed by atoms with E-state index in [4.69, 9.17) is 24.8 Å². The zero-order valence-corrected chi connectivity index (χ0v) is 13.5. The third kappa shape index (κ3) is 1.83. The first-order valence-electron chi connectivity index (χ1n) is 8.16. The van der Waals surface area contributed by atoms with Crippen molar-refractivity contribution in [3.8, 4) is 0 Å². The van der Waals surface area contributed by atoms with Crippen LogP contribution in [0.5, 0.6) is 0 Å². The number of hydrogen-bond donors (Lipinski definition) is 0.